The minimum atomic E-state index is -0.666. The van der Waals surface area contributed by atoms with Crippen molar-refractivity contribution in [2.24, 2.45) is 0 Å². The van der Waals surface area contributed by atoms with Crippen molar-refractivity contribution in [3.8, 4) is 0 Å². The van der Waals surface area contributed by atoms with Crippen molar-refractivity contribution in [2.75, 3.05) is 18.6 Å². The van der Waals surface area contributed by atoms with Crippen molar-refractivity contribution in [2.45, 2.75) is 13.0 Å². The number of halogens is 1. The van der Waals surface area contributed by atoms with E-state index in [9.17, 15) is 14.5 Å². The van der Waals surface area contributed by atoms with Gasteiger partial charge in [0.25, 0.3) is 5.69 Å². The highest BCUT2D eigenvalue weighted by molar-refractivity contribution is 5.53. The van der Waals surface area contributed by atoms with Gasteiger partial charge in [-0.2, -0.15) is 0 Å². The summed E-state index contributed by atoms with van der Waals surface area (Å²) in [5, 5.41) is 19.5. The number of aliphatic hydroxyl groups excluding tert-OH is 1. The normalized spacial score (nSPS) is 12.2. The Morgan fingerprint density at radius 1 is 1.56 bits per heavy atom. The molecule has 1 unspecified atom stereocenters. The van der Waals surface area contributed by atoms with Gasteiger partial charge in [0.15, 0.2) is 0 Å². The second-order valence-electron chi connectivity index (χ2n) is 3.57. The molecule has 5 nitrogen and oxygen atoms in total. The number of rotatable bonds is 4. The number of benzene rings is 1. The molecule has 0 bridgehead atoms. The van der Waals surface area contributed by atoms with Gasteiger partial charge < -0.3 is 10.0 Å². The molecular weight excluding hydrogens is 215 g/mol. The lowest BCUT2D eigenvalue weighted by atomic mass is 10.2. The lowest BCUT2D eigenvalue weighted by molar-refractivity contribution is -0.385. The summed E-state index contributed by atoms with van der Waals surface area (Å²) in [4.78, 5) is 11.5. The molecule has 0 radical (unpaired) electrons. The van der Waals surface area contributed by atoms with Gasteiger partial charge in [-0.1, -0.05) is 0 Å². The van der Waals surface area contributed by atoms with Crippen LogP contribution in [0.15, 0.2) is 18.2 Å². The Morgan fingerprint density at radius 3 is 2.69 bits per heavy atom. The van der Waals surface area contributed by atoms with Gasteiger partial charge in [0, 0.05) is 24.8 Å². The fraction of sp³-hybridized carbons (Fsp3) is 0.400. The molecule has 6 heteroatoms. The van der Waals surface area contributed by atoms with Crippen molar-refractivity contribution in [3.63, 3.8) is 0 Å². The predicted octanol–water partition coefficient (Wildman–Crippen LogP) is 1.55. The molecule has 1 N–H and O–H groups in total. The molecule has 0 saturated heterocycles. The summed E-state index contributed by atoms with van der Waals surface area (Å²) in [7, 11) is 1.64. The van der Waals surface area contributed by atoms with E-state index in [-0.39, 0.29) is 18.3 Å². The fourth-order valence-corrected chi connectivity index (χ4v) is 1.25. The van der Waals surface area contributed by atoms with Crippen LogP contribution < -0.4 is 4.90 Å². The Kier molecular flexibility index (Phi) is 3.78. The number of likely N-dealkylation sites (N-methyl/N-ethyl adjacent to an activating group) is 1. The summed E-state index contributed by atoms with van der Waals surface area (Å²) < 4.78 is 13.1. The molecule has 0 saturated carbocycles. The van der Waals surface area contributed by atoms with Crippen LogP contribution in [0.5, 0.6) is 0 Å². The Labute approximate surface area is 92.3 Å². The Morgan fingerprint density at radius 2 is 2.19 bits per heavy atom. The third-order valence-corrected chi connectivity index (χ3v) is 2.41. The van der Waals surface area contributed by atoms with Crippen LogP contribution in [0.3, 0.4) is 0 Å². The minimum absolute atomic E-state index is 0.110. The van der Waals surface area contributed by atoms with Gasteiger partial charge in [0.05, 0.1) is 17.6 Å². The van der Waals surface area contributed by atoms with Crippen LogP contribution in [0.1, 0.15) is 6.92 Å². The fourth-order valence-electron chi connectivity index (χ4n) is 1.25. The molecule has 0 aliphatic rings. The van der Waals surface area contributed by atoms with E-state index in [2.05, 4.69) is 0 Å². The first-order valence-electron chi connectivity index (χ1n) is 4.74. The third-order valence-electron chi connectivity index (χ3n) is 2.41. The maximum absolute atomic E-state index is 13.1. The molecular formula is C10H13FN2O3. The monoisotopic (exact) mass is 228 g/mol. The van der Waals surface area contributed by atoms with E-state index in [1.807, 2.05) is 0 Å². The molecule has 0 heterocycles. The topological polar surface area (TPSA) is 66.6 Å². The number of hydrogen-bond donors (Lipinski definition) is 1. The maximum atomic E-state index is 13.1. The van der Waals surface area contributed by atoms with Gasteiger partial charge in [-0.15, -0.1) is 0 Å². The molecule has 1 aromatic carbocycles. The van der Waals surface area contributed by atoms with E-state index in [0.29, 0.717) is 5.69 Å². The highest BCUT2D eigenvalue weighted by Gasteiger charge is 2.15. The molecule has 0 amide bonds. The number of nitro groups is 1. The summed E-state index contributed by atoms with van der Waals surface area (Å²) in [5.41, 5.74) is 0.0697. The number of nitro benzene ring substituents is 1. The van der Waals surface area contributed by atoms with E-state index < -0.39 is 10.7 Å². The zero-order valence-corrected chi connectivity index (χ0v) is 9.05. The van der Waals surface area contributed by atoms with Crippen molar-refractivity contribution in [3.05, 3.63) is 34.1 Å². The molecule has 0 aliphatic heterocycles. The van der Waals surface area contributed by atoms with Crippen molar-refractivity contribution in [1.82, 2.24) is 0 Å². The summed E-state index contributed by atoms with van der Waals surface area (Å²) in [5.74, 6) is -0.666. The molecule has 1 atom stereocenters. The Hall–Kier alpha value is -1.69. The second-order valence-corrected chi connectivity index (χ2v) is 3.57. The van der Waals surface area contributed by atoms with Crippen molar-refractivity contribution >= 4 is 11.4 Å². The van der Waals surface area contributed by atoms with E-state index in [4.69, 9.17) is 5.11 Å². The third kappa shape index (κ3) is 2.66. The summed E-state index contributed by atoms with van der Waals surface area (Å²) in [6.07, 6.45) is 0. The molecule has 1 aromatic rings. The van der Waals surface area contributed by atoms with Crippen LogP contribution in [-0.2, 0) is 0 Å². The van der Waals surface area contributed by atoms with Crippen LogP contribution in [0.4, 0.5) is 15.8 Å². The van der Waals surface area contributed by atoms with Crippen LogP contribution in [0.2, 0.25) is 0 Å². The van der Waals surface area contributed by atoms with E-state index in [1.165, 1.54) is 12.1 Å². The summed E-state index contributed by atoms with van der Waals surface area (Å²) in [6.45, 7) is 1.62. The molecule has 0 aliphatic carbocycles. The molecule has 0 aromatic heterocycles. The van der Waals surface area contributed by atoms with Crippen LogP contribution in [-0.4, -0.2) is 29.7 Å². The largest absolute Gasteiger partial charge is 0.394 e. The Balaban J connectivity index is 3.09. The average Bonchev–Trinajstić information content (AvgIpc) is 2.26. The average molecular weight is 228 g/mol. The van der Waals surface area contributed by atoms with Gasteiger partial charge in [0.1, 0.15) is 5.82 Å². The zero-order chi connectivity index (χ0) is 12.3. The lowest BCUT2D eigenvalue weighted by Crippen LogP contribution is -2.31. The smallest absolute Gasteiger partial charge is 0.274 e. The standard InChI is InChI=1S/C10H13FN2O3/c1-7(6-14)12(2)9-3-8(11)4-10(5-9)13(15)16/h3-5,7,14H,6H2,1-2H3. The van der Waals surface area contributed by atoms with Gasteiger partial charge >= 0.3 is 0 Å². The first-order chi connectivity index (χ1) is 7.45. The zero-order valence-electron chi connectivity index (χ0n) is 9.05. The molecule has 16 heavy (non-hydrogen) atoms. The van der Waals surface area contributed by atoms with E-state index in [1.54, 1.807) is 18.9 Å². The number of aliphatic hydroxyl groups is 1. The number of hydrogen-bond acceptors (Lipinski definition) is 4. The van der Waals surface area contributed by atoms with E-state index in [0.717, 1.165) is 6.07 Å². The van der Waals surface area contributed by atoms with Crippen LogP contribution in [0, 0.1) is 15.9 Å². The molecule has 0 fully saturated rings. The number of non-ortho nitro benzene ring substituents is 1. The van der Waals surface area contributed by atoms with Crippen molar-refractivity contribution < 1.29 is 14.4 Å². The second kappa shape index (κ2) is 4.89. The highest BCUT2D eigenvalue weighted by Crippen LogP contribution is 2.23. The lowest BCUT2D eigenvalue weighted by Gasteiger charge is -2.25. The Bertz CT molecular complexity index is 398. The molecule has 1 rings (SSSR count). The molecule has 0 spiro atoms. The SMILES string of the molecule is CC(CO)N(C)c1cc(F)cc([N+](=O)[O-])c1. The van der Waals surface area contributed by atoms with Crippen LogP contribution >= 0.6 is 0 Å². The van der Waals surface area contributed by atoms with Gasteiger partial charge in [-0.3, -0.25) is 10.1 Å². The first kappa shape index (κ1) is 12.4. The summed E-state index contributed by atoms with van der Waals surface area (Å²) in [6, 6.07) is 3.09. The quantitative estimate of drug-likeness (QED) is 0.627. The maximum Gasteiger partial charge on any atom is 0.274 e. The number of nitrogens with zero attached hydrogens (tertiary/aromatic N) is 2. The van der Waals surface area contributed by atoms with E-state index >= 15 is 0 Å². The highest BCUT2D eigenvalue weighted by atomic mass is 19.1. The van der Waals surface area contributed by atoms with Gasteiger partial charge in [-0.25, -0.2) is 4.39 Å². The van der Waals surface area contributed by atoms with Gasteiger partial charge in [-0.05, 0) is 13.0 Å². The van der Waals surface area contributed by atoms with Crippen molar-refractivity contribution in [1.29, 1.82) is 0 Å². The first-order valence-corrected chi connectivity index (χ1v) is 4.74. The summed E-state index contributed by atoms with van der Waals surface area (Å²) >= 11 is 0. The predicted molar refractivity (Wildman–Crippen MR) is 58.0 cm³/mol. The number of anilines is 1. The van der Waals surface area contributed by atoms with Crippen LogP contribution in [0.25, 0.3) is 0 Å². The minimum Gasteiger partial charge on any atom is -0.394 e. The molecule has 88 valence electrons. The van der Waals surface area contributed by atoms with Gasteiger partial charge in [0.2, 0.25) is 0 Å².